The highest BCUT2D eigenvalue weighted by atomic mass is 35.5. The van der Waals surface area contributed by atoms with E-state index < -0.39 is 5.82 Å². The van der Waals surface area contributed by atoms with Crippen molar-refractivity contribution in [1.29, 1.82) is 0 Å². The molecule has 0 fully saturated rings. The predicted molar refractivity (Wildman–Crippen MR) is 83.0 cm³/mol. The van der Waals surface area contributed by atoms with E-state index in [2.05, 4.69) is 40.8 Å². The van der Waals surface area contributed by atoms with Crippen molar-refractivity contribution >= 4 is 29.2 Å². The van der Waals surface area contributed by atoms with Crippen LogP contribution >= 0.6 is 11.6 Å². The van der Waals surface area contributed by atoms with Gasteiger partial charge in [-0.1, -0.05) is 11.6 Å². The van der Waals surface area contributed by atoms with Crippen LogP contribution in [0.1, 0.15) is 11.5 Å². The summed E-state index contributed by atoms with van der Waals surface area (Å²) < 4.78 is 12.8. The summed E-state index contributed by atoms with van der Waals surface area (Å²) in [5.74, 6) is 1.27. The van der Waals surface area contributed by atoms with Crippen molar-refractivity contribution in [2.45, 2.75) is 13.5 Å². The van der Waals surface area contributed by atoms with Crippen molar-refractivity contribution in [3.8, 4) is 0 Å². The molecule has 0 atom stereocenters. The van der Waals surface area contributed by atoms with E-state index in [4.69, 9.17) is 11.6 Å². The smallest absolute Gasteiger partial charge is 0.225 e. The molecule has 0 spiro atoms. The Hall–Kier alpha value is -2.81. The summed E-state index contributed by atoms with van der Waals surface area (Å²) in [5, 5.41) is 13.2. The molecule has 0 amide bonds. The van der Waals surface area contributed by atoms with Crippen molar-refractivity contribution < 1.29 is 4.39 Å². The Morgan fingerprint density at radius 3 is 2.70 bits per heavy atom. The fraction of sp³-hybridized carbons (Fsp3) is 0.154. The molecular weight excluding hydrogens is 323 g/mol. The quantitative estimate of drug-likeness (QED) is 0.658. The van der Waals surface area contributed by atoms with E-state index in [1.165, 1.54) is 6.20 Å². The highest BCUT2D eigenvalue weighted by molar-refractivity contribution is 6.32. The molecule has 8 nitrogen and oxygen atoms in total. The molecule has 0 aromatic carbocycles. The Balaban J connectivity index is 1.70. The van der Waals surface area contributed by atoms with Gasteiger partial charge in [0.1, 0.15) is 10.8 Å². The van der Waals surface area contributed by atoms with Gasteiger partial charge in [-0.05, 0) is 6.92 Å². The van der Waals surface area contributed by atoms with Crippen LogP contribution in [0.25, 0.3) is 0 Å². The SMILES string of the molecule is Cc1cc(Nc2nc(NCc3ncc(F)cn3)ncc2Cl)n[nH]1. The van der Waals surface area contributed by atoms with Crippen LogP contribution in [0.3, 0.4) is 0 Å². The van der Waals surface area contributed by atoms with E-state index in [0.29, 0.717) is 28.4 Å². The maximum absolute atomic E-state index is 12.8. The monoisotopic (exact) mass is 334 g/mol. The van der Waals surface area contributed by atoms with Gasteiger partial charge in [-0.2, -0.15) is 10.1 Å². The molecule has 3 N–H and O–H groups in total. The number of nitrogens with one attached hydrogen (secondary N) is 3. The second-order valence-electron chi connectivity index (χ2n) is 4.62. The van der Waals surface area contributed by atoms with Gasteiger partial charge < -0.3 is 10.6 Å². The molecule has 0 aliphatic rings. The van der Waals surface area contributed by atoms with Crippen LogP contribution in [0.15, 0.2) is 24.7 Å². The van der Waals surface area contributed by atoms with E-state index in [1.807, 2.05) is 13.0 Å². The summed E-state index contributed by atoms with van der Waals surface area (Å²) in [6.45, 7) is 2.14. The molecule has 10 heteroatoms. The molecule has 118 valence electrons. The second kappa shape index (κ2) is 6.53. The number of hydrogen-bond acceptors (Lipinski definition) is 7. The largest absolute Gasteiger partial charge is 0.347 e. The Kier molecular flexibility index (Phi) is 4.29. The van der Waals surface area contributed by atoms with Gasteiger partial charge in [-0.15, -0.1) is 0 Å². The summed E-state index contributed by atoms with van der Waals surface area (Å²) in [7, 11) is 0. The number of halogens is 2. The van der Waals surface area contributed by atoms with Gasteiger partial charge in [-0.3, -0.25) is 5.10 Å². The van der Waals surface area contributed by atoms with Crippen LogP contribution < -0.4 is 10.6 Å². The molecular formula is C13H12ClFN8. The second-order valence-corrected chi connectivity index (χ2v) is 5.03. The molecule has 0 unspecified atom stereocenters. The van der Waals surface area contributed by atoms with Crippen molar-refractivity contribution in [3.63, 3.8) is 0 Å². The molecule has 3 aromatic rings. The number of H-pyrrole nitrogens is 1. The molecule has 0 radical (unpaired) electrons. The van der Waals surface area contributed by atoms with Gasteiger partial charge in [0.2, 0.25) is 5.95 Å². The number of aromatic amines is 1. The maximum Gasteiger partial charge on any atom is 0.225 e. The third-order valence-corrected chi connectivity index (χ3v) is 3.05. The molecule has 3 heterocycles. The lowest BCUT2D eigenvalue weighted by atomic mass is 10.4. The van der Waals surface area contributed by atoms with Crippen LogP contribution in [-0.4, -0.2) is 30.1 Å². The fourth-order valence-corrected chi connectivity index (χ4v) is 1.87. The van der Waals surface area contributed by atoms with Crippen molar-refractivity contribution in [2.24, 2.45) is 0 Å². The highest BCUT2D eigenvalue weighted by Crippen LogP contribution is 2.23. The van der Waals surface area contributed by atoms with Gasteiger partial charge in [0.25, 0.3) is 0 Å². The minimum atomic E-state index is -0.489. The van der Waals surface area contributed by atoms with Crippen molar-refractivity contribution in [2.75, 3.05) is 10.6 Å². The molecule has 3 rings (SSSR count). The van der Waals surface area contributed by atoms with Crippen LogP contribution in [-0.2, 0) is 6.54 Å². The molecule has 0 saturated heterocycles. The normalized spacial score (nSPS) is 10.6. The van der Waals surface area contributed by atoms with E-state index in [0.717, 1.165) is 18.1 Å². The lowest BCUT2D eigenvalue weighted by molar-refractivity contribution is 0.609. The standard InChI is InChI=1S/C13H12ClFN8/c1-7-2-10(23-22-7)20-12-9(14)5-18-13(21-12)19-6-11-16-3-8(15)4-17-11/h2-5H,6H2,1H3,(H3,18,19,20,21,22,23). The number of aromatic nitrogens is 6. The van der Waals surface area contributed by atoms with Crippen LogP contribution in [0, 0.1) is 12.7 Å². The Labute approximate surface area is 135 Å². The number of aryl methyl sites for hydroxylation is 1. The average molecular weight is 335 g/mol. The van der Waals surface area contributed by atoms with Gasteiger partial charge in [0, 0.05) is 11.8 Å². The first-order chi connectivity index (χ1) is 11.1. The lowest BCUT2D eigenvalue weighted by Crippen LogP contribution is -2.08. The first-order valence-electron chi connectivity index (χ1n) is 6.62. The molecule has 0 aliphatic carbocycles. The van der Waals surface area contributed by atoms with Gasteiger partial charge in [-0.25, -0.2) is 19.3 Å². The lowest BCUT2D eigenvalue weighted by Gasteiger charge is -2.08. The Bertz CT molecular complexity index is 804. The Morgan fingerprint density at radius 2 is 2.00 bits per heavy atom. The molecule has 3 aromatic heterocycles. The van der Waals surface area contributed by atoms with Crippen LogP contribution in [0.5, 0.6) is 0 Å². The number of rotatable bonds is 5. The molecule has 0 saturated carbocycles. The average Bonchev–Trinajstić information content (AvgIpc) is 2.95. The zero-order valence-corrected chi connectivity index (χ0v) is 12.8. The summed E-state index contributed by atoms with van der Waals surface area (Å²) in [4.78, 5) is 16.0. The first-order valence-corrected chi connectivity index (χ1v) is 7.00. The van der Waals surface area contributed by atoms with Crippen molar-refractivity contribution in [3.05, 3.63) is 47.0 Å². The predicted octanol–water partition coefficient (Wildman–Crippen LogP) is 2.45. The summed E-state index contributed by atoms with van der Waals surface area (Å²) >= 11 is 6.07. The summed E-state index contributed by atoms with van der Waals surface area (Å²) in [6.07, 6.45) is 3.66. The number of nitrogens with zero attached hydrogens (tertiary/aromatic N) is 5. The van der Waals surface area contributed by atoms with E-state index in [9.17, 15) is 4.39 Å². The zero-order valence-electron chi connectivity index (χ0n) is 12.0. The van der Waals surface area contributed by atoms with Gasteiger partial charge in [0.15, 0.2) is 17.5 Å². The number of anilines is 3. The van der Waals surface area contributed by atoms with E-state index in [1.54, 1.807) is 0 Å². The minimum absolute atomic E-state index is 0.253. The first kappa shape index (κ1) is 15.1. The van der Waals surface area contributed by atoms with E-state index in [-0.39, 0.29) is 6.54 Å². The third-order valence-electron chi connectivity index (χ3n) is 2.77. The summed E-state index contributed by atoms with van der Waals surface area (Å²) in [5.41, 5.74) is 0.907. The maximum atomic E-state index is 12.8. The Morgan fingerprint density at radius 1 is 1.22 bits per heavy atom. The van der Waals surface area contributed by atoms with Gasteiger partial charge in [0.05, 0.1) is 25.1 Å². The van der Waals surface area contributed by atoms with Crippen LogP contribution in [0.2, 0.25) is 5.02 Å². The zero-order chi connectivity index (χ0) is 16.2. The van der Waals surface area contributed by atoms with Crippen molar-refractivity contribution in [1.82, 2.24) is 30.1 Å². The number of hydrogen-bond donors (Lipinski definition) is 3. The minimum Gasteiger partial charge on any atom is -0.347 e. The highest BCUT2D eigenvalue weighted by Gasteiger charge is 2.08. The fourth-order valence-electron chi connectivity index (χ4n) is 1.73. The third kappa shape index (κ3) is 3.89. The van der Waals surface area contributed by atoms with Crippen LogP contribution in [0.4, 0.5) is 22.0 Å². The molecule has 0 bridgehead atoms. The summed E-state index contributed by atoms with van der Waals surface area (Å²) in [6, 6.07) is 1.82. The van der Waals surface area contributed by atoms with E-state index >= 15 is 0 Å². The molecule has 23 heavy (non-hydrogen) atoms. The topological polar surface area (TPSA) is 104 Å². The van der Waals surface area contributed by atoms with Gasteiger partial charge >= 0.3 is 0 Å². The molecule has 0 aliphatic heterocycles.